The van der Waals surface area contributed by atoms with E-state index in [9.17, 15) is 4.79 Å². The Morgan fingerprint density at radius 3 is 2.75 bits per heavy atom. The highest BCUT2D eigenvalue weighted by Crippen LogP contribution is 2.08. The minimum Gasteiger partial charge on any atom is -0.478 e. The molecule has 0 radical (unpaired) electrons. The van der Waals surface area contributed by atoms with Gasteiger partial charge in [-0.25, -0.2) is 4.79 Å². The lowest BCUT2D eigenvalue weighted by molar-refractivity contribution is -0.132. The van der Waals surface area contributed by atoms with Crippen molar-refractivity contribution in [2.24, 2.45) is 0 Å². The van der Waals surface area contributed by atoms with Gasteiger partial charge in [0, 0.05) is 5.57 Å². The summed E-state index contributed by atoms with van der Waals surface area (Å²) < 4.78 is 0. The summed E-state index contributed by atoms with van der Waals surface area (Å²) in [6.07, 6.45) is 5.77. The third-order valence-corrected chi connectivity index (χ3v) is 1.05. The molecule has 0 aliphatic heterocycles. The summed E-state index contributed by atoms with van der Waals surface area (Å²) in [6.45, 7) is 0. The highest BCUT2D eigenvalue weighted by Gasteiger charge is 2.05. The van der Waals surface area contributed by atoms with Gasteiger partial charge in [-0.15, -0.1) is 0 Å². The first-order chi connectivity index (χ1) is 3.80. The van der Waals surface area contributed by atoms with Crippen LogP contribution in [0.25, 0.3) is 0 Å². The third-order valence-electron chi connectivity index (χ3n) is 1.05. The topological polar surface area (TPSA) is 37.3 Å². The fourth-order valence-corrected chi connectivity index (χ4v) is 0.606. The van der Waals surface area contributed by atoms with E-state index in [4.69, 9.17) is 5.11 Å². The fourth-order valence-electron chi connectivity index (χ4n) is 0.606. The Kier molecular flexibility index (Phi) is 1.16. The van der Waals surface area contributed by atoms with Gasteiger partial charge in [-0.2, -0.15) is 0 Å². The van der Waals surface area contributed by atoms with Crippen molar-refractivity contribution >= 4 is 5.97 Å². The number of hydrogen-bond donors (Lipinski definition) is 1. The molecule has 0 saturated carbocycles. The first-order valence-electron chi connectivity index (χ1n) is 2.39. The van der Waals surface area contributed by atoms with Crippen molar-refractivity contribution in [1.29, 1.82) is 0 Å². The molecule has 0 aromatic rings. The molecule has 1 aliphatic carbocycles. The van der Waals surface area contributed by atoms with Crippen LogP contribution >= 0.6 is 0 Å². The van der Waals surface area contributed by atoms with E-state index in [1.54, 1.807) is 12.2 Å². The third kappa shape index (κ3) is 0.780. The van der Waals surface area contributed by atoms with Gasteiger partial charge in [0.25, 0.3) is 0 Å². The van der Waals surface area contributed by atoms with Gasteiger partial charge >= 0.3 is 5.97 Å². The van der Waals surface area contributed by atoms with Crippen LogP contribution in [0.4, 0.5) is 0 Å². The molecule has 8 heavy (non-hydrogen) atoms. The van der Waals surface area contributed by atoms with E-state index >= 15 is 0 Å². The van der Waals surface area contributed by atoms with Gasteiger partial charge in [0.05, 0.1) is 0 Å². The molecule has 0 saturated heterocycles. The number of aliphatic carboxylic acids is 1. The van der Waals surface area contributed by atoms with Crippen LogP contribution < -0.4 is 0 Å². The van der Waals surface area contributed by atoms with Gasteiger partial charge in [-0.1, -0.05) is 18.2 Å². The predicted molar refractivity (Wildman–Crippen MR) is 29.5 cm³/mol. The molecule has 1 rings (SSSR count). The normalized spacial score (nSPS) is 16.2. The molecule has 0 unspecified atom stereocenters. The van der Waals surface area contributed by atoms with Crippen molar-refractivity contribution in [2.45, 2.75) is 6.42 Å². The zero-order valence-electron chi connectivity index (χ0n) is 4.29. The average molecular weight is 110 g/mol. The Morgan fingerprint density at radius 2 is 2.50 bits per heavy atom. The number of carbonyl (C=O) groups is 1. The summed E-state index contributed by atoms with van der Waals surface area (Å²) in [6, 6.07) is 0. The molecule has 0 spiro atoms. The summed E-state index contributed by atoms with van der Waals surface area (Å²) in [5.74, 6) is -0.810. The molecule has 0 atom stereocenters. The van der Waals surface area contributed by atoms with E-state index < -0.39 is 5.97 Å². The molecule has 1 N–H and O–H groups in total. The molecule has 0 fully saturated rings. The quantitative estimate of drug-likeness (QED) is 0.545. The largest absolute Gasteiger partial charge is 0.478 e. The molecule has 0 bridgehead atoms. The van der Waals surface area contributed by atoms with E-state index in [2.05, 4.69) is 0 Å². The molecule has 1 aliphatic rings. The van der Waals surface area contributed by atoms with Crippen molar-refractivity contribution in [2.75, 3.05) is 0 Å². The summed E-state index contributed by atoms with van der Waals surface area (Å²) in [7, 11) is 0. The summed E-state index contributed by atoms with van der Waals surface area (Å²) in [4.78, 5) is 10.1. The number of allylic oxidation sites excluding steroid dienone is 3. The van der Waals surface area contributed by atoms with Crippen LogP contribution in [0.1, 0.15) is 6.42 Å². The van der Waals surface area contributed by atoms with Gasteiger partial charge in [-0.05, 0) is 6.42 Å². The van der Waals surface area contributed by atoms with E-state index in [0.717, 1.165) is 0 Å². The van der Waals surface area contributed by atoms with Crippen molar-refractivity contribution in [3.63, 3.8) is 0 Å². The minimum atomic E-state index is -0.810. The van der Waals surface area contributed by atoms with Crippen LogP contribution in [-0.2, 0) is 4.79 Å². The highest BCUT2D eigenvalue weighted by atomic mass is 16.4. The second-order valence-electron chi connectivity index (χ2n) is 1.63. The Balaban J connectivity index is 2.64. The lowest BCUT2D eigenvalue weighted by Crippen LogP contribution is -1.96. The minimum absolute atomic E-state index is 0.477. The number of carboxylic acids is 1. The summed E-state index contributed by atoms with van der Waals surface area (Å²) in [5, 5.41) is 8.30. The van der Waals surface area contributed by atoms with Gasteiger partial charge in [-0.3, -0.25) is 0 Å². The maximum Gasteiger partial charge on any atom is 0.331 e. The lowest BCUT2D eigenvalue weighted by atomic mass is 10.2. The Hall–Kier alpha value is -1.05. The Labute approximate surface area is 47.1 Å². The number of hydrogen-bond acceptors (Lipinski definition) is 1. The van der Waals surface area contributed by atoms with Gasteiger partial charge in [0.1, 0.15) is 0 Å². The molecular formula is C6H6O2. The van der Waals surface area contributed by atoms with Crippen LogP contribution in [0, 0.1) is 0 Å². The van der Waals surface area contributed by atoms with Crippen LogP contribution in [0.15, 0.2) is 23.8 Å². The van der Waals surface area contributed by atoms with Crippen molar-refractivity contribution in [1.82, 2.24) is 0 Å². The maximum absolute atomic E-state index is 10.1. The molecule has 2 heteroatoms. The van der Waals surface area contributed by atoms with Gasteiger partial charge in [0.15, 0.2) is 0 Å². The molecule has 42 valence electrons. The Morgan fingerprint density at radius 1 is 1.75 bits per heavy atom. The molecule has 0 heterocycles. The number of rotatable bonds is 1. The first kappa shape index (κ1) is 5.09. The van der Waals surface area contributed by atoms with Crippen molar-refractivity contribution in [3.05, 3.63) is 23.8 Å². The predicted octanol–water partition coefficient (Wildman–Crippen LogP) is 0.957. The Bertz CT molecular complexity index is 165. The SMILES string of the molecule is O=C(O)C1=CC=CC1. The zero-order chi connectivity index (χ0) is 5.98. The zero-order valence-corrected chi connectivity index (χ0v) is 4.29. The van der Waals surface area contributed by atoms with Crippen LogP contribution in [-0.4, -0.2) is 11.1 Å². The second-order valence-corrected chi connectivity index (χ2v) is 1.63. The van der Waals surface area contributed by atoms with Crippen molar-refractivity contribution < 1.29 is 9.90 Å². The second kappa shape index (κ2) is 1.82. The van der Waals surface area contributed by atoms with E-state index in [-0.39, 0.29) is 0 Å². The van der Waals surface area contributed by atoms with Gasteiger partial charge in [0.2, 0.25) is 0 Å². The number of carboxylic acid groups (broad SMARTS) is 1. The smallest absolute Gasteiger partial charge is 0.331 e. The molecule has 0 amide bonds. The van der Waals surface area contributed by atoms with Crippen LogP contribution in [0.2, 0.25) is 0 Å². The molecule has 2 nitrogen and oxygen atoms in total. The fraction of sp³-hybridized carbons (Fsp3) is 0.167. The van der Waals surface area contributed by atoms with E-state index in [1.165, 1.54) is 0 Å². The average Bonchev–Trinajstić information content (AvgIpc) is 2.12. The highest BCUT2D eigenvalue weighted by molar-refractivity contribution is 5.88. The molecular weight excluding hydrogens is 104 g/mol. The lowest BCUT2D eigenvalue weighted by Gasteiger charge is -1.87. The summed E-state index contributed by atoms with van der Waals surface area (Å²) >= 11 is 0. The summed E-state index contributed by atoms with van der Waals surface area (Å²) in [5.41, 5.74) is 0.477. The van der Waals surface area contributed by atoms with Crippen LogP contribution in [0.5, 0.6) is 0 Å². The van der Waals surface area contributed by atoms with E-state index in [0.29, 0.717) is 12.0 Å². The van der Waals surface area contributed by atoms with Crippen LogP contribution in [0.3, 0.4) is 0 Å². The monoisotopic (exact) mass is 110 g/mol. The van der Waals surface area contributed by atoms with Gasteiger partial charge < -0.3 is 5.11 Å². The molecule has 0 aromatic carbocycles. The first-order valence-corrected chi connectivity index (χ1v) is 2.39. The van der Waals surface area contributed by atoms with E-state index in [1.807, 2.05) is 6.08 Å². The maximum atomic E-state index is 10.1. The van der Waals surface area contributed by atoms with Crippen molar-refractivity contribution in [3.8, 4) is 0 Å². The standard InChI is InChI=1S/C6H6O2/c7-6(8)5-3-1-2-4-5/h1-3H,4H2,(H,7,8). The molecule has 0 aromatic heterocycles.